The summed E-state index contributed by atoms with van der Waals surface area (Å²) in [6.07, 6.45) is 5.95. The molecule has 0 bridgehead atoms. The second kappa shape index (κ2) is 9.32. The highest BCUT2D eigenvalue weighted by molar-refractivity contribution is 7.92. The smallest absolute Gasteiger partial charge is 0.261 e. The first kappa shape index (κ1) is 19.1. The Labute approximate surface area is 150 Å². The lowest BCUT2D eigenvalue weighted by Crippen LogP contribution is -2.12. The average Bonchev–Trinajstić information content (AvgIpc) is 2.59. The predicted octanol–water partition coefficient (Wildman–Crippen LogP) is 4.42. The van der Waals surface area contributed by atoms with Gasteiger partial charge in [0.05, 0.1) is 11.5 Å². The van der Waals surface area contributed by atoms with Gasteiger partial charge in [-0.3, -0.25) is 4.72 Å². The van der Waals surface area contributed by atoms with Gasteiger partial charge in [-0.25, -0.2) is 8.42 Å². The van der Waals surface area contributed by atoms with Crippen molar-refractivity contribution < 1.29 is 13.2 Å². The van der Waals surface area contributed by atoms with Crippen LogP contribution >= 0.6 is 0 Å². The number of anilines is 2. The third-order valence-electron chi connectivity index (χ3n) is 3.81. The van der Waals surface area contributed by atoms with Crippen molar-refractivity contribution in [3.8, 4) is 5.75 Å². The first-order chi connectivity index (χ1) is 12.0. The minimum Gasteiger partial charge on any atom is -0.494 e. The maximum atomic E-state index is 12.3. The van der Waals surface area contributed by atoms with Crippen LogP contribution in [0.5, 0.6) is 5.75 Å². The molecule has 2 aromatic carbocycles. The van der Waals surface area contributed by atoms with Crippen LogP contribution in [0.4, 0.5) is 11.4 Å². The van der Waals surface area contributed by atoms with E-state index in [9.17, 15) is 8.42 Å². The van der Waals surface area contributed by atoms with Crippen molar-refractivity contribution in [1.82, 2.24) is 0 Å². The Morgan fingerprint density at radius 3 is 2.20 bits per heavy atom. The SMILES string of the molecule is CCCCCCCOc1ccc(NS(=O)(=O)c2ccc(N)cc2)cc1. The normalized spacial score (nSPS) is 11.2. The summed E-state index contributed by atoms with van der Waals surface area (Å²) in [6.45, 7) is 2.87. The van der Waals surface area contributed by atoms with E-state index in [1.807, 2.05) is 0 Å². The summed E-state index contributed by atoms with van der Waals surface area (Å²) < 4.78 is 32.8. The molecule has 0 heterocycles. The Morgan fingerprint density at radius 1 is 0.920 bits per heavy atom. The van der Waals surface area contributed by atoms with E-state index in [0.717, 1.165) is 12.2 Å². The monoisotopic (exact) mass is 362 g/mol. The summed E-state index contributed by atoms with van der Waals surface area (Å²) >= 11 is 0. The maximum Gasteiger partial charge on any atom is 0.261 e. The van der Waals surface area contributed by atoms with Crippen LogP contribution < -0.4 is 15.2 Å². The minimum atomic E-state index is -3.62. The summed E-state index contributed by atoms with van der Waals surface area (Å²) in [4.78, 5) is 0.175. The second-order valence-electron chi connectivity index (χ2n) is 5.96. The van der Waals surface area contributed by atoms with Crippen molar-refractivity contribution in [2.24, 2.45) is 0 Å². The number of nitrogens with one attached hydrogen (secondary N) is 1. The molecule has 2 aromatic rings. The molecule has 0 aliphatic carbocycles. The number of hydrogen-bond donors (Lipinski definition) is 2. The fourth-order valence-corrected chi connectivity index (χ4v) is 3.43. The van der Waals surface area contributed by atoms with Crippen LogP contribution in [0.1, 0.15) is 39.0 Å². The van der Waals surface area contributed by atoms with Crippen LogP contribution in [0.3, 0.4) is 0 Å². The van der Waals surface area contributed by atoms with E-state index in [0.29, 0.717) is 18.0 Å². The van der Waals surface area contributed by atoms with Crippen LogP contribution in [0.2, 0.25) is 0 Å². The number of hydrogen-bond acceptors (Lipinski definition) is 4. The zero-order valence-electron chi connectivity index (χ0n) is 14.6. The summed E-state index contributed by atoms with van der Waals surface area (Å²) in [5.41, 5.74) is 6.60. The molecule has 0 atom stereocenters. The molecule has 25 heavy (non-hydrogen) atoms. The van der Waals surface area contributed by atoms with Gasteiger partial charge in [0.15, 0.2) is 0 Å². The third-order valence-corrected chi connectivity index (χ3v) is 5.21. The molecular formula is C19H26N2O3S. The van der Waals surface area contributed by atoms with Crippen LogP contribution in [-0.2, 0) is 10.0 Å². The van der Waals surface area contributed by atoms with Gasteiger partial charge in [0.25, 0.3) is 10.0 Å². The van der Waals surface area contributed by atoms with Gasteiger partial charge in [-0.2, -0.15) is 0 Å². The largest absolute Gasteiger partial charge is 0.494 e. The van der Waals surface area contributed by atoms with E-state index in [1.165, 1.54) is 37.8 Å². The molecule has 0 saturated heterocycles. The Kier molecular flexibility index (Phi) is 7.13. The number of nitrogen functional groups attached to an aromatic ring is 1. The quantitative estimate of drug-likeness (QED) is 0.484. The Hall–Kier alpha value is -2.21. The Bertz CT molecular complexity index is 741. The number of ether oxygens (including phenoxy) is 1. The molecule has 0 aliphatic heterocycles. The van der Waals surface area contributed by atoms with Gasteiger partial charge >= 0.3 is 0 Å². The molecule has 0 spiro atoms. The lowest BCUT2D eigenvalue weighted by atomic mass is 10.2. The molecular weight excluding hydrogens is 336 g/mol. The van der Waals surface area contributed by atoms with Crippen molar-refractivity contribution in [2.45, 2.75) is 43.9 Å². The maximum absolute atomic E-state index is 12.3. The summed E-state index contributed by atoms with van der Waals surface area (Å²) in [7, 11) is -3.62. The standard InChI is InChI=1S/C19H26N2O3S/c1-2-3-4-5-6-15-24-18-11-9-17(10-12-18)21-25(22,23)19-13-7-16(20)8-14-19/h7-14,21H,2-6,15,20H2,1H3. The average molecular weight is 362 g/mol. The molecule has 0 radical (unpaired) electrons. The topological polar surface area (TPSA) is 81.4 Å². The molecule has 2 rings (SSSR count). The number of rotatable bonds is 10. The van der Waals surface area contributed by atoms with Gasteiger partial charge in [0.2, 0.25) is 0 Å². The zero-order valence-corrected chi connectivity index (χ0v) is 15.4. The minimum absolute atomic E-state index is 0.175. The fraction of sp³-hybridized carbons (Fsp3) is 0.368. The van der Waals surface area contributed by atoms with Gasteiger partial charge in [-0.15, -0.1) is 0 Å². The first-order valence-electron chi connectivity index (χ1n) is 8.62. The predicted molar refractivity (Wildman–Crippen MR) is 102 cm³/mol. The molecule has 136 valence electrons. The highest BCUT2D eigenvalue weighted by Crippen LogP contribution is 2.20. The first-order valence-corrected chi connectivity index (χ1v) is 10.1. The summed E-state index contributed by atoms with van der Waals surface area (Å²) in [6, 6.07) is 13.0. The summed E-state index contributed by atoms with van der Waals surface area (Å²) in [5.74, 6) is 0.742. The van der Waals surface area contributed by atoms with Gasteiger partial charge in [-0.1, -0.05) is 32.6 Å². The van der Waals surface area contributed by atoms with Gasteiger partial charge in [0, 0.05) is 11.4 Å². The lowest BCUT2D eigenvalue weighted by Gasteiger charge is -2.10. The summed E-state index contributed by atoms with van der Waals surface area (Å²) in [5, 5.41) is 0. The highest BCUT2D eigenvalue weighted by Gasteiger charge is 2.13. The van der Waals surface area contributed by atoms with Crippen molar-refractivity contribution in [2.75, 3.05) is 17.1 Å². The van der Waals surface area contributed by atoms with Crippen LogP contribution in [0.15, 0.2) is 53.4 Å². The third kappa shape index (κ3) is 6.31. The number of unbranched alkanes of at least 4 members (excludes halogenated alkanes) is 4. The number of nitrogens with two attached hydrogens (primary N) is 1. The molecule has 0 saturated carbocycles. The molecule has 0 unspecified atom stereocenters. The molecule has 3 N–H and O–H groups in total. The lowest BCUT2D eigenvalue weighted by molar-refractivity contribution is 0.304. The van der Waals surface area contributed by atoms with Crippen molar-refractivity contribution in [3.05, 3.63) is 48.5 Å². The van der Waals surface area contributed by atoms with Gasteiger partial charge in [-0.05, 0) is 55.0 Å². The molecule has 0 aliphatic rings. The van der Waals surface area contributed by atoms with E-state index in [-0.39, 0.29) is 4.90 Å². The second-order valence-corrected chi connectivity index (χ2v) is 7.64. The van der Waals surface area contributed by atoms with E-state index >= 15 is 0 Å². The zero-order chi connectivity index (χ0) is 18.1. The molecule has 0 aromatic heterocycles. The van der Waals surface area contributed by atoms with Crippen molar-refractivity contribution in [1.29, 1.82) is 0 Å². The van der Waals surface area contributed by atoms with Crippen LogP contribution in [0.25, 0.3) is 0 Å². The van der Waals surface area contributed by atoms with Gasteiger partial charge in [0.1, 0.15) is 5.75 Å². The number of benzene rings is 2. The number of sulfonamides is 1. The molecule has 0 amide bonds. The van der Waals surface area contributed by atoms with E-state index in [4.69, 9.17) is 10.5 Å². The van der Waals surface area contributed by atoms with Crippen molar-refractivity contribution >= 4 is 21.4 Å². The highest BCUT2D eigenvalue weighted by atomic mass is 32.2. The molecule has 5 nitrogen and oxygen atoms in total. The molecule has 0 fully saturated rings. The van der Waals surface area contributed by atoms with Gasteiger partial charge < -0.3 is 10.5 Å². The van der Waals surface area contributed by atoms with Crippen molar-refractivity contribution in [3.63, 3.8) is 0 Å². The van der Waals surface area contributed by atoms with Crippen LogP contribution in [0, 0.1) is 0 Å². The van der Waals surface area contributed by atoms with E-state index in [2.05, 4.69) is 11.6 Å². The fourth-order valence-electron chi connectivity index (χ4n) is 2.38. The molecule has 6 heteroatoms. The van der Waals surface area contributed by atoms with E-state index in [1.54, 1.807) is 36.4 Å². The Morgan fingerprint density at radius 2 is 1.56 bits per heavy atom. The van der Waals surface area contributed by atoms with Crippen LogP contribution in [-0.4, -0.2) is 15.0 Å². The Balaban J connectivity index is 1.86. The van der Waals surface area contributed by atoms with E-state index < -0.39 is 10.0 Å².